The van der Waals surface area contributed by atoms with Crippen LogP contribution in [0.3, 0.4) is 0 Å². The molecular formula is C6H10O5P2S2. The molecule has 1 atom stereocenters. The minimum absolute atomic E-state index is 0.411. The third kappa shape index (κ3) is 4.74. The fraction of sp³-hybridized carbons (Fsp3) is 0.333. The molecule has 0 bridgehead atoms. The fourth-order valence-corrected chi connectivity index (χ4v) is 6.25. The summed E-state index contributed by atoms with van der Waals surface area (Å²) in [5.41, 5.74) is 0.786. The van der Waals surface area contributed by atoms with Gasteiger partial charge in [0.2, 0.25) is 6.49 Å². The molecule has 1 aromatic rings. The van der Waals surface area contributed by atoms with E-state index in [0.717, 1.165) is 5.56 Å². The second kappa shape index (κ2) is 4.63. The van der Waals surface area contributed by atoms with Crippen molar-refractivity contribution in [3.8, 4) is 5.06 Å². The molecule has 0 fully saturated rings. The quantitative estimate of drug-likeness (QED) is 0.733. The van der Waals surface area contributed by atoms with Gasteiger partial charge >= 0.3 is 7.60 Å². The Kier molecular flexibility index (Phi) is 4.12. The largest absolute Gasteiger partial charge is 0.432 e. The zero-order chi connectivity index (χ0) is 11.7. The van der Waals surface area contributed by atoms with Crippen molar-refractivity contribution in [3.63, 3.8) is 0 Å². The van der Waals surface area contributed by atoms with Crippen molar-refractivity contribution in [1.29, 1.82) is 0 Å². The lowest BCUT2D eigenvalue weighted by Gasteiger charge is -2.16. The molecule has 1 aromatic heterocycles. The molecule has 5 nitrogen and oxygen atoms in total. The van der Waals surface area contributed by atoms with Gasteiger partial charge in [-0.15, -0.1) is 11.3 Å². The van der Waals surface area contributed by atoms with Crippen LogP contribution in [0.25, 0.3) is 0 Å². The van der Waals surface area contributed by atoms with Crippen molar-refractivity contribution in [2.24, 2.45) is 0 Å². The van der Waals surface area contributed by atoms with Gasteiger partial charge < -0.3 is 19.2 Å². The van der Waals surface area contributed by atoms with Crippen LogP contribution in [-0.4, -0.2) is 20.6 Å². The second-order valence-corrected chi connectivity index (χ2v) is 9.43. The molecule has 0 aliphatic heterocycles. The first kappa shape index (κ1) is 13.3. The lowest BCUT2D eigenvalue weighted by molar-refractivity contribution is 0.375. The van der Waals surface area contributed by atoms with E-state index in [1.807, 2.05) is 0 Å². The summed E-state index contributed by atoms with van der Waals surface area (Å²) < 4.78 is 15.7. The van der Waals surface area contributed by atoms with Crippen LogP contribution in [-0.2, 0) is 16.4 Å². The normalized spacial score (nSPS) is 16.0. The summed E-state index contributed by atoms with van der Waals surface area (Å²) in [6, 6.07) is 1.77. The summed E-state index contributed by atoms with van der Waals surface area (Å²) in [5, 5.41) is 2.16. The van der Waals surface area contributed by atoms with Crippen molar-refractivity contribution < 1.29 is 23.8 Å². The maximum Gasteiger partial charge on any atom is 0.336 e. The van der Waals surface area contributed by atoms with Crippen LogP contribution in [0.15, 0.2) is 11.4 Å². The summed E-state index contributed by atoms with van der Waals surface area (Å²) >= 11 is 5.89. The highest BCUT2D eigenvalue weighted by Crippen LogP contribution is 2.56. The molecule has 86 valence electrons. The molecule has 1 rings (SSSR count). The predicted octanol–water partition coefficient (Wildman–Crippen LogP) is 1.87. The van der Waals surface area contributed by atoms with Gasteiger partial charge in [-0.25, -0.2) is 0 Å². The highest BCUT2D eigenvalue weighted by molar-refractivity contribution is 8.12. The Morgan fingerprint density at radius 1 is 1.53 bits per heavy atom. The van der Waals surface area contributed by atoms with E-state index in [1.54, 1.807) is 18.4 Å². The molecule has 0 aromatic carbocycles. The van der Waals surface area contributed by atoms with Crippen LogP contribution in [0, 0.1) is 6.92 Å². The smallest absolute Gasteiger partial charge is 0.336 e. The highest BCUT2D eigenvalue weighted by atomic mass is 32.5. The first-order valence-electron chi connectivity index (χ1n) is 3.80. The average Bonchev–Trinajstić information content (AvgIpc) is 2.29. The Hall–Kier alpha value is 0.260. The molecule has 0 saturated carbocycles. The Morgan fingerprint density at radius 2 is 2.13 bits per heavy atom. The van der Waals surface area contributed by atoms with Crippen LogP contribution in [0.5, 0.6) is 5.06 Å². The minimum atomic E-state index is -4.35. The van der Waals surface area contributed by atoms with E-state index in [-0.39, 0.29) is 0 Å². The molecule has 1 unspecified atom stereocenters. The highest BCUT2D eigenvalue weighted by Gasteiger charge is 2.28. The van der Waals surface area contributed by atoms with Crippen LogP contribution < -0.4 is 4.52 Å². The van der Waals surface area contributed by atoms with E-state index in [4.69, 9.17) is 14.3 Å². The SMILES string of the molecule is Cc1ccsc1OP(O)(=S)CP(=O)(O)O. The number of rotatable bonds is 4. The first-order chi connectivity index (χ1) is 6.70. The molecule has 0 aliphatic rings. The van der Waals surface area contributed by atoms with Gasteiger partial charge in [0.05, 0.1) is 0 Å². The van der Waals surface area contributed by atoms with Gasteiger partial charge in [-0.3, -0.25) is 4.57 Å². The van der Waals surface area contributed by atoms with Gasteiger partial charge in [-0.05, 0) is 30.2 Å². The summed E-state index contributed by atoms with van der Waals surface area (Å²) in [6.07, 6.45) is 0. The number of thiophene rings is 1. The zero-order valence-corrected chi connectivity index (χ0v) is 11.2. The maximum atomic E-state index is 10.7. The molecule has 0 radical (unpaired) electrons. The second-order valence-electron chi connectivity index (χ2n) is 2.93. The molecule has 0 amide bonds. The molecule has 1 heterocycles. The van der Waals surface area contributed by atoms with Crippen LogP contribution in [0.4, 0.5) is 0 Å². The summed E-state index contributed by atoms with van der Waals surface area (Å²) in [6.45, 7) is -1.69. The first-order valence-corrected chi connectivity index (χ1v) is 9.33. The molecular weight excluding hydrogens is 278 g/mol. The van der Waals surface area contributed by atoms with Crippen molar-refractivity contribution in [2.45, 2.75) is 6.92 Å². The number of hydrogen-bond donors (Lipinski definition) is 3. The van der Waals surface area contributed by atoms with E-state index >= 15 is 0 Å². The predicted molar refractivity (Wildman–Crippen MR) is 63.1 cm³/mol. The Bertz CT molecular complexity index is 436. The Labute approximate surface area is 96.1 Å². The summed E-state index contributed by atoms with van der Waals surface area (Å²) in [7, 11) is -4.35. The van der Waals surface area contributed by atoms with E-state index in [2.05, 4.69) is 11.8 Å². The molecule has 0 aliphatic carbocycles. The standard InChI is InChI=1S/C6H10O5P2S2/c1-5-2-3-15-6(5)11-13(10,14)4-12(7,8)9/h2-3H,4H2,1H3,(H,10,14)(H2,7,8,9). The minimum Gasteiger partial charge on any atom is -0.432 e. The monoisotopic (exact) mass is 288 g/mol. The van der Waals surface area contributed by atoms with E-state index in [1.165, 1.54) is 11.3 Å². The lowest BCUT2D eigenvalue weighted by Crippen LogP contribution is -1.97. The van der Waals surface area contributed by atoms with Crippen molar-refractivity contribution in [1.82, 2.24) is 0 Å². The van der Waals surface area contributed by atoms with Crippen LogP contribution in [0.2, 0.25) is 0 Å². The van der Waals surface area contributed by atoms with Crippen molar-refractivity contribution >= 4 is 37.2 Å². The van der Waals surface area contributed by atoms with Gasteiger partial charge in [0.1, 0.15) is 5.90 Å². The summed E-state index contributed by atoms with van der Waals surface area (Å²) in [5.74, 6) is -0.799. The van der Waals surface area contributed by atoms with Crippen molar-refractivity contribution in [2.75, 3.05) is 5.90 Å². The molecule has 0 saturated heterocycles. The number of aryl methyl sites for hydroxylation is 1. The zero-order valence-electron chi connectivity index (χ0n) is 7.73. The van der Waals surface area contributed by atoms with Crippen molar-refractivity contribution in [3.05, 3.63) is 17.0 Å². The molecule has 0 spiro atoms. The van der Waals surface area contributed by atoms with Crippen LogP contribution >= 0.6 is 25.4 Å². The molecule has 9 heteroatoms. The average molecular weight is 288 g/mol. The number of hydrogen-bond acceptors (Lipinski definition) is 4. The molecule has 15 heavy (non-hydrogen) atoms. The summed E-state index contributed by atoms with van der Waals surface area (Å²) in [4.78, 5) is 26.9. The third-order valence-electron chi connectivity index (χ3n) is 1.40. The van der Waals surface area contributed by atoms with Gasteiger partial charge in [-0.1, -0.05) is 0 Å². The maximum absolute atomic E-state index is 10.7. The van der Waals surface area contributed by atoms with Crippen LogP contribution in [0.1, 0.15) is 5.56 Å². The van der Waals surface area contributed by atoms with Gasteiger partial charge in [0, 0.05) is 5.56 Å². The van der Waals surface area contributed by atoms with E-state index in [0.29, 0.717) is 5.06 Å². The van der Waals surface area contributed by atoms with E-state index < -0.39 is 20.0 Å². The third-order valence-corrected chi connectivity index (χ3v) is 7.05. The van der Waals surface area contributed by atoms with Gasteiger partial charge in [0.25, 0.3) is 0 Å². The Balaban J connectivity index is 2.78. The van der Waals surface area contributed by atoms with Gasteiger partial charge in [-0.2, -0.15) is 0 Å². The molecule has 3 N–H and O–H groups in total. The topological polar surface area (TPSA) is 87.0 Å². The Morgan fingerprint density at radius 3 is 2.53 bits per heavy atom. The van der Waals surface area contributed by atoms with E-state index in [9.17, 15) is 9.46 Å². The lowest BCUT2D eigenvalue weighted by atomic mass is 10.4. The fourth-order valence-electron chi connectivity index (χ4n) is 0.844. The van der Waals surface area contributed by atoms with Gasteiger partial charge in [0.15, 0.2) is 5.06 Å².